The van der Waals surface area contributed by atoms with Gasteiger partial charge in [0.05, 0.1) is 23.3 Å². The predicted molar refractivity (Wildman–Crippen MR) is 121 cm³/mol. The summed E-state index contributed by atoms with van der Waals surface area (Å²) in [6.45, 7) is 0. The zero-order valence-electron chi connectivity index (χ0n) is 17.0. The van der Waals surface area contributed by atoms with Crippen molar-refractivity contribution in [2.75, 3.05) is 0 Å². The van der Waals surface area contributed by atoms with Gasteiger partial charge in [-0.1, -0.05) is 30.4 Å². The van der Waals surface area contributed by atoms with Gasteiger partial charge in [0.25, 0.3) is 5.91 Å². The number of benzene rings is 1. The highest BCUT2D eigenvalue weighted by atomic mass is 16.3. The van der Waals surface area contributed by atoms with Crippen molar-refractivity contribution in [2.24, 2.45) is 4.99 Å². The molecule has 158 valence electrons. The molecule has 3 heterocycles. The van der Waals surface area contributed by atoms with E-state index in [1.165, 1.54) is 11.8 Å². The number of aliphatic imine (C=N–C) groups is 1. The molecular formula is C24H20N6O2. The number of H-pyrrole nitrogens is 1. The Labute approximate surface area is 183 Å². The molecule has 32 heavy (non-hydrogen) atoms. The molecule has 0 bridgehead atoms. The molecular weight excluding hydrogens is 404 g/mol. The van der Waals surface area contributed by atoms with Gasteiger partial charge in [0, 0.05) is 18.0 Å². The van der Waals surface area contributed by atoms with Crippen molar-refractivity contribution >= 4 is 28.7 Å². The van der Waals surface area contributed by atoms with Crippen LogP contribution in [0.15, 0.2) is 71.1 Å². The highest BCUT2D eigenvalue weighted by Gasteiger charge is 2.35. The third-order valence-electron chi connectivity index (χ3n) is 6.04. The Balaban J connectivity index is 1.44. The maximum absolute atomic E-state index is 13.0. The molecule has 0 radical (unpaired) electrons. The van der Waals surface area contributed by atoms with E-state index in [1.807, 2.05) is 12.1 Å². The van der Waals surface area contributed by atoms with E-state index in [9.17, 15) is 9.90 Å². The number of aliphatic hydroxyl groups excluding tert-OH is 1. The summed E-state index contributed by atoms with van der Waals surface area (Å²) in [6, 6.07) is 7.72. The highest BCUT2D eigenvalue weighted by Crippen LogP contribution is 2.48. The molecule has 1 aliphatic heterocycles. The first-order valence-electron chi connectivity index (χ1n) is 10.5. The zero-order chi connectivity index (χ0) is 21.7. The number of aliphatic hydroxyl groups is 1. The number of imidazole rings is 1. The third-order valence-corrected chi connectivity index (χ3v) is 6.04. The van der Waals surface area contributed by atoms with Gasteiger partial charge < -0.3 is 20.7 Å². The van der Waals surface area contributed by atoms with Crippen LogP contribution in [0.5, 0.6) is 0 Å². The molecule has 4 N–H and O–H groups in total. The molecule has 0 spiro atoms. The van der Waals surface area contributed by atoms with Gasteiger partial charge in [0.15, 0.2) is 0 Å². The van der Waals surface area contributed by atoms with Crippen molar-refractivity contribution in [2.45, 2.75) is 25.2 Å². The molecule has 2 aromatic heterocycles. The summed E-state index contributed by atoms with van der Waals surface area (Å²) in [5.41, 5.74) is 7.53. The second-order valence-corrected chi connectivity index (χ2v) is 7.93. The monoisotopic (exact) mass is 424 g/mol. The van der Waals surface area contributed by atoms with Crippen molar-refractivity contribution in [3.8, 4) is 11.4 Å². The lowest BCUT2D eigenvalue weighted by molar-refractivity contribution is -0.118. The number of hydrogen-bond donors (Lipinski definition) is 4. The first-order valence-corrected chi connectivity index (χ1v) is 10.5. The van der Waals surface area contributed by atoms with Crippen molar-refractivity contribution in [1.82, 2.24) is 25.6 Å². The number of amides is 1. The number of rotatable bonds is 3. The summed E-state index contributed by atoms with van der Waals surface area (Å²) in [4.78, 5) is 29.1. The largest absolute Gasteiger partial charge is 0.355 e. The van der Waals surface area contributed by atoms with Crippen LogP contribution in [0.1, 0.15) is 30.0 Å². The molecule has 8 nitrogen and oxygen atoms in total. The molecule has 0 saturated carbocycles. The van der Waals surface area contributed by atoms with Crippen LogP contribution in [0, 0.1) is 0 Å². The number of fused-ring (bicyclic) bond motifs is 3. The van der Waals surface area contributed by atoms with Gasteiger partial charge in [-0.3, -0.25) is 9.78 Å². The first kappa shape index (κ1) is 18.7. The molecule has 8 heteroatoms. The summed E-state index contributed by atoms with van der Waals surface area (Å²) in [5, 5.41) is 15.5. The number of nitrogens with one attached hydrogen (secondary N) is 3. The number of pyridine rings is 1. The first-order chi connectivity index (χ1) is 15.7. The minimum Gasteiger partial charge on any atom is -0.355 e. The van der Waals surface area contributed by atoms with Gasteiger partial charge in [0.2, 0.25) is 6.35 Å². The second-order valence-electron chi connectivity index (χ2n) is 7.93. The average molecular weight is 424 g/mol. The van der Waals surface area contributed by atoms with E-state index >= 15 is 0 Å². The fraction of sp³-hybridized carbons (Fsp3) is 0.167. The molecule has 2 unspecified atom stereocenters. The van der Waals surface area contributed by atoms with Gasteiger partial charge >= 0.3 is 0 Å². The van der Waals surface area contributed by atoms with E-state index in [4.69, 9.17) is 4.98 Å². The summed E-state index contributed by atoms with van der Waals surface area (Å²) >= 11 is 0. The van der Waals surface area contributed by atoms with E-state index in [-0.39, 0.29) is 17.6 Å². The van der Waals surface area contributed by atoms with E-state index in [0.717, 1.165) is 52.0 Å². The number of carbonyl (C=O) groups is 1. The number of allylic oxidation sites excluding steroid dienone is 3. The molecule has 2 aliphatic carbocycles. The predicted octanol–water partition coefficient (Wildman–Crippen LogP) is 2.73. The molecule has 0 saturated heterocycles. The number of aromatic nitrogens is 3. The number of hydrogen-bond acceptors (Lipinski definition) is 6. The van der Waals surface area contributed by atoms with E-state index < -0.39 is 6.35 Å². The van der Waals surface area contributed by atoms with Crippen LogP contribution in [0.25, 0.3) is 28.0 Å². The standard InChI is InChI=1S/C24H20N6O2/c31-23(18-9-11-26-24(32)29-18)30-21-14-5-2-1-4-13(14)20-15(21)6-3-7-16(20)22-27-17-8-10-25-12-19(17)28-22/h2-3,5-12,21,24,29,32H,1,4H2,(H,27,28)(H,30,31). The molecule has 6 rings (SSSR count). The summed E-state index contributed by atoms with van der Waals surface area (Å²) < 4.78 is 0. The topological polar surface area (TPSA) is 115 Å². The van der Waals surface area contributed by atoms with Crippen LogP contribution in [0.3, 0.4) is 0 Å². The fourth-order valence-electron chi connectivity index (χ4n) is 4.65. The Morgan fingerprint density at radius 2 is 2.19 bits per heavy atom. The molecule has 3 aliphatic rings. The summed E-state index contributed by atoms with van der Waals surface area (Å²) in [7, 11) is 0. The Bertz CT molecular complexity index is 1350. The maximum atomic E-state index is 13.0. The lowest BCUT2D eigenvalue weighted by atomic mass is 9.93. The Morgan fingerprint density at radius 1 is 1.25 bits per heavy atom. The van der Waals surface area contributed by atoms with Crippen molar-refractivity contribution in [1.29, 1.82) is 0 Å². The number of carbonyl (C=O) groups excluding carboxylic acids is 1. The van der Waals surface area contributed by atoms with Crippen LogP contribution in [-0.4, -0.2) is 38.5 Å². The quantitative estimate of drug-likeness (QED) is 0.516. The van der Waals surface area contributed by atoms with Crippen LogP contribution in [0.2, 0.25) is 0 Å². The third kappa shape index (κ3) is 2.96. The van der Waals surface area contributed by atoms with Gasteiger partial charge in [-0.25, -0.2) is 9.98 Å². The highest BCUT2D eigenvalue weighted by molar-refractivity contribution is 5.99. The van der Waals surface area contributed by atoms with E-state index in [0.29, 0.717) is 0 Å². The van der Waals surface area contributed by atoms with Crippen molar-refractivity contribution < 1.29 is 9.90 Å². The number of aromatic amines is 1. The van der Waals surface area contributed by atoms with Crippen LogP contribution < -0.4 is 10.6 Å². The van der Waals surface area contributed by atoms with Gasteiger partial charge in [-0.15, -0.1) is 0 Å². The van der Waals surface area contributed by atoms with Crippen molar-refractivity contribution in [3.05, 3.63) is 77.3 Å². The van der Waals surface area contributed by atoms with Crippen molar-refractivity contribution in [3.63, 3.8) is 0 Å². The average Bonchev–Trinajstić information content (AvgIpc) is 3.39. The summed E-state index contributed by atoms with van der Waals surface area (Å²) in [6.07, 6.45) is 11.5. The van der Waals surface area contributed by atoms with Gasteiger partial charge in [-0.05, 0) is 47.3 Å². The van der Waals surface area contributed by atoms with E-state index in [1.54, 1.807) is 18.5 Å². The van der Waals surface area contributed by atoms with Crippen LogP contribution >= 0.6 is 0 Å². The minimum atomic E-state index is -1.12. The second kappa shape index (κ2) is 7.28. The SMILES string of the molecule is O=C(NC1C2=C(CCC=C2)c2c(-c3nc4ccncc4[nH]3)cccc21)C1=CC=NC(O)N1. The molecule has 1 amide bonds. The Kier molecular flexibility index (Phi) is 4.26. The Morgan fingerprint density at radius 3 is 3.06 bits per heavy atom. The maximum Gasteiger partial charge on any atom is 0.268 e. The van der Waals surface area contributed by atoms with Gasteiger partial charge in [0.1, 0.15) is 11.5 Å². The minimum absolute atomic E-state index is 0.281. The zero-order valence-corrected chi connectivity index (χ0v) is 17.0. The fourth-order valence-corrected chi connectivity index (χ4v) is 4.65. The molecule has 2 atom stereocenters. The van der Waals surface area contributed by atoms with E-state index in [2.05, 4.69) is 49.9 Å². The smallest absolute Gasteiger partial charge is 0.268 e. The summed E-state index contributed by atoms with van der Waals surface area (Å²) in [5.74, 6) is 0.494. The number of nitrogens with zero attached hydrogens (tertiary/aromatic N) is 3. The van der Waals surface area contributed by atoms with Crippen LogP contribution in [0.4, 0.5) is 0 Å². The van der Waals surface area contributed by atoms with Gasteiger partial charge in [-0.2, -0.15) is 0 Å². The lowest BCUT2D eigenvalue weighted by Crippen LogP contribution is -2.39. The molecule has 3 aromatic rings. The van der Waals surface area contributed by atoms with Crippen LogP contribution in [-0.2, 0) is 4.79 Å². The Hall–Kier alpha value is -4.04. The molecule has 0 fully saturated rings. The lowest BCUT2D eigenvalue weighted by Gasteiger charge is -2.21. The molecule has 1 aromatic carbocycles. The normalized spacial score (nSPS) is 21.2.